The topological polar surface area (TPSA) is 51.5 Å². The molecule has 3 heterocycles. The highest BCUT2D eigenvalue weighted by molar-refractivity contribution is 5.37. The zero-order chi connectivity index (χ0) is 10.8. The molecule has 0 amide bonds. The van der Waals surface area contributed by atoms with Gasteiger partial charge in [-0.1, -0.05) is 0 Å². The van der Waals surface area contributed by atoms with Crippen LogP contribution in [0.5, 0.6) is 5.75 Å². The number of ether oxygens (including phenoxy) is 1. The van der Waals surface area contributed by atoms with Crippen LogP contribution in [0.1, 0.15) is 12.8 Å². The number of hydrogen-bond donors (Lipinski definition) is 1. The average Bonchev–Trinajstić information content (AvgIpc) is 2.77. The molecule has 1 aliphatic rings. The quantitative estimate of drug-likeness (QED) is 0.812. The van der Waals surface area contributed by atoms with E-state index in [0.717, 1.165) is 37.3 Å². The summed E-state index contributed by atoms with van der Waals surface area (Å²) in [5.74, 6) is 0.795. The van der Waals surface area contributed by atoms with Gasteiger partial charge >= 0.3 is 0 Å². The molecule has 84 valence electrons. The Morgan fingerprint density at radius 2 is 2.25 bits per heavy atom. The molecule has 2 aromatic heterocycles. The van der Waals surface area contributed by atoms with Gasteiger partial charge in [0.25, 0.3) is 0 Å². The fourth-order valence-electron chi connectivity index (χ4n) is 1.96. The summed E-state index contributed by atoms with van der Waals surface area (Å²) >= 11 is 0. The first-order valence-corrected chi connectivity index (χ1v) is 5.58. The molecule has 3 rings (SSSR count). The van der Waals surface area contributed by atoms with Gasteiger partial charge in [-0.3, -0.25) is 0 Å². The van der Waals surface area contributed by atoms with Crippen LogP contribution in [0.2, 0.25) is 0 Å². The monoisotopic (exact) mass is 218 g/mol. The van der Waals surface area contributed by atoms with Gasteiger partial charge < -0.3 is 10.1 Å². The number of aromatic nitrogens is 3. The summed E-state index contributed by atoms with van der Waals surface area (Å²) < 4.78 is 7.60. The standard InChI is InChI=1S/C11H14N4O/c1-4-12-5-2-9(1)16-10-7-13-11-3-6-14-15(11)8-10/h3,6-9,12H,1-2,4-5H2. The van der Waals surface area contributed by atoms with Crippen molar-refractivity contribution in [1.82, 2.24) is 19.9 Å². The molecule has 0 unspecified atom stereocenters. The zero-order valence-corrected chi connectivity index (χ0v) is 8.97. The lowest BCUT2D eigenvalue weighted by atomic mass is 10.1. The highest BCUT2D eigenvalue weighted by atomic mass is 16.5. The molecule has 1 aliphatic heterocycles. The Morgan fingerprint density at radius 1 is 1.38 bits per heavy atom. The summed E-state index contributed by atoms with van der Waals surface area (Å²) in [4.78, 5) is 4.27. The molecule has 1 saturated heterocycles. The van der Waals surface area contributed by atoms with Crippen LogP contribution >= 0.6 is 0 Å². The molecule has 16 heavy (non-hydrogen) atoms. The summed E-state index contributed by atoms with van der Waals surface area (Å²) in [6, 6.07) is 1.87. The molecule has 0 bridgehead atoms. The number of hydrogen-bond acceptors (Lipinski definition) is 4. The molecular formula is C11H14N4O. The van der Waals surface area contributed by atoms with E-state index in [2.05, 4.69) is 15.4 Å². The maximum Gasteiger partial charge on any atom is 0.156 e. The summed E-state index contributed by atoms with van der Waals surface area (Å²) in [7, 11) is 0. The molecule has 5 nitrogen and oxygen atoms in total. The maximum absolute atomic E-state index is 5.87. The van der Waals surface area contributed by atoms with Gasteiger partial charge in [0.05, 0.1) is 18.6 Å². The first-order valence-electron chi connectivity index (χ1n) is 5.58. The molecular weight excluding hydrogens is 204 g/mol. The van der Waals surface area contributed by atoms with Crippen LogP contribution in [0, 0.1) is 0 Å². The lowest BCUT2D eigenvalue weighted by molar-refractivity contribution is 0.161. The van der Waals surface area contributed by atoms with E-state index < -0.39 is 0 Å². The first kappa shape index (κ1) is 9.59. The van der Waals surface area contributed by atoms with Crippen molar-refractivity contribution in [2.75, 3.05) is 13.1 Å². The van der Waals surface area contributed by atoms with E-state index in [-0.39, 0.29) is 0 Å². The number of nitrogens with zero attached hydrogens (tertiary/aromatic N) is 3. The molecule has 1 N–H and O–H groups in total. The minimum absolute atomic E-state index is 0.302. The van der Waals surface area contributed by atoms with E-state index >= 15 is 0 Å². The van der Waals surface area contributed by atoms with Gasteiger partial charge in [0.2, 0.25) is 0 Å². The highest BCUT2D eigenvalue weighted by Crippen LogP contribution is 2.15. The Hall–Kier alpha value is -1.62. The summed E-state index contributed by atoms with van der Waals surface area (Å²) in [6.07, 6.45) is 7.78. The molecule has 0 radical (unpaired) electrons. The fourth-order valence-corrected chi connectivity index (χ4v) is 1.96. The Morgan fingerprint density at radius 3 is 3.12 bits per heavy atom. The summed E-state index contributed by atoms with van der Waals surface area (Å²) in [5.41, 5.74) is 0.845. The molecule has 1 fully saturated rings. The van der Waals surface area contributed by atoms with Crippen molar-refractivity contribution in [3.05, 3.63) is 24.7 Å². The van der Waals surface area contributed by atoms with Gasteiger partial charge in [0, 0.05) is 6.07 Å². The van der Waals surface area contributed by atoms with Gasteiger partial charge in [-0.25, -0.2) is 9.50 Å². The molecule has 0 saturated carbocycles. The van der Waals surface area contributed by atoms with Gasteiger partial charge in [-0.2, -0.15) is 5.10 Å². The van der Waals surface area contributed by atoms with Crippen LogP contribution in [-0.2, 0) is 0 Å². The van der Waals surface area contributed by atoms with Crippen LogP contribution in [0.15, 0.2) is 24.7 Å². The van der Waals surface area contributed by atoms with E-state index in [0.29, 0.717) is 6.10 Å². The van der Waals surface area contributed by atoms with Crippen molar-refractivity contribution >= 4 is 5.65 Å². The Balaban J connectivity index is 1.77. The van der Waals surface area contributed by atoms with Crippen LogP contribution in [0.25, 0.3) is 5.65 Å². The van der Waals surface area contributed by atoms with Crippen molar-refractivity contribution < 1.29 is 4.74 Å². The molecule has 0 atom stereocenters. The second-order valence-electron chi connectivity index (χ2n) is 3.99. The average molecular weight is 218 g/mol. The number of fused-ring (bicyclic) bond motifs is 1. The Bertz CT molecular complexity index is 476. The minimum atomic E-state index is 0.302. The van der Waals surface area contributed by atoms with Crippen molar-refractivity contribution in [2.45, 2.75) is 18.9 Å². The molecule has 0 aliphatic carbocycles. The maximum atomic E-state index is 5.87. The van der Waals surface area contributed by atoms with Crippen LogP contribution in [0.4, 0.5) is 0 Å². The number of piperidine rings is 1. The Labute approximate surface area is 93.4 Å². The van der Waals surface area contributed by atoms with Gasteiger partial charge in [0.15, 0.2) is 11.4 Å². The first-order chi connectivity index (χ1) is 7.92. The van der Waals surface area contributed by atoms with Crippen LogP contribution < -0.4 is 10.1 Å². The van der Waals surface area contributed by atoms with Gasteiger partial charge in [0.1, 0.15) is 6.10 Å². The lowest BCUT2D eigenvalue weighted by Gasteiger charge is -2.23. The van der Waals surface area contributed by atoms with Crippen molar-refractivity contribution in [3.63, 3.8) is 0 Å². The van der Waals surface area contributed by atoms with E-state index in [4.69, 9.17) is 4.74 Å². The third-order valence-corrected chi connectivity index (χ3v) is 2.81. The normalized spacial score (nSPS) is 17.8. The van der Waals surface area contributed by atoms with Gasteiger partial charge in [-0.15, -0.1) is 0 Å². The largest absolute Gasteiger partial charge is 0.487 e. The second kappa shape index (κ2) is 4.09. The summed E-state index contributed by atoms with van der Waals surface area (Å²) in [6.45, 7) is 2.06. The molecule has 2 aromatic rings. The SMILES string of the molecule is c1cc2ncc(OC3CCNCC3)cn2n1. The van der Waals surface area contributed by atoms with Crippen molar-refractivity contribution in [1.29, 1.82) is 0 Å². The third kappa shape index (κ3) is 1.86. The number of rotatable bonds is 2. The minimum Gasteiger partial charge on any atom is -0.487 e. The zero-order valence-electron chi connectivity index (χ0n) is 8.97. The molecule has 5 heteroatoms. The molecule has 0 spiro atoms. The highest BCUT2D eigenvalue weighted by Gasteiger charge is 2.14. The van der Waals surface area contributed by atoms with Crippen molar-refractivity contribution in [3.8, 4) is 5.75 Å². The smallest absolute Gasteiger partial charge is 0.156 e. The fraction of sp³-hybridized carbons (Fsp3) is 0.455. The number of nitrogens with one attached hydrogen (secondary N) is 1. The van der Waals surface area contributed by atoms with Crippen LogP contribution in [-0.4, -0.2) is 33.8 Å². The predicted octanol–water partition coefficient (Wildman–Crippen LogP) is 0.860. The predicted molar refractivity (Wildman–Crippen MR) is 59.5 cm³/mol. The van der Waals surface area contributed by atoms with E-state index in [1.54, 1.807) is 16.9 Å². The van der Waals surface area contributed by atoms with Crippen LogP contribution in [0.3, 0.4) is 0 Å². The lowest BCUT2D eigenvalue weighted by Crippen LogP contribution is -2.34. The second-order valence-corrected chi connectivity index (χ2v) is 3.99. The molecule has 0 aromatic carbocycles. The Kier molecular flexibility index (Phi) is 2.46. The third-order valence-electron chi connectivity index (χ3n) is 2.81. The van der Waals surface area contributed by atoms with E-state index in [9.17, 15) is 0 Å². The van der Waals surface area contributed by atoms with Crippen molar-refractivity contribution in [2.24, 2.45) is 0 Å². The van der Waals surface area contributed by atoms with E-state index in [1.165, 1.54) is 0 Å². The van der Waals surface area contributed by atoms with E-state index in [1.807, 2.05) is 12.3 Å². The summed E-state index contributed by atoms with van der Waals surface area (Å²) in [5, 5.41) is 7.45. The van der Waals surface area contributed by atoms with Gasteiger partial charge in [-0.05, 0) is 25.9 Å².